The van der Waals surface area contributed by atoms with Gasteiger partial charge in [-0.2, -0.15) is 5.10 Å². The number of hydrogen-bond donors (Lipinski definition) is 0. The minimum Gasteiger partial charge on any atom is -0.336 e. The Bertz CT molecular complexity index is 1040. The molecule has 0 spiro atoms. The summed E-state index contributed by atoms with van der Waals surface area (Å²) in [7, 11) is 1.89. The molecule has 0 radical (unpaired) electrons. The Morgan fingerprint density at radius 2 is 2.07 bits per heavy atom. The van der Waals surface area contributed by atoms with Crippen molar-refractivity contribution in [3.8, 4) is 11.3 Å². The lowest BCUT2D eigenvalue weighted by Gasteiger charge is -2.35. The molecule has 0 bridgehead atoms. The van der Waals surface area contributed by atoms with Crippen LogP contribution in [0.2, 0.25) is 0 Å². The Hall–Kier alpha value is -2.69. The topological polar surface area (TPSA) is 51.0 Å². The van der Waals surface area contributed by atoms with Gasteiger partial charge in [-0.15, -0.1) is 0 Å². The quantitative estimate of drug-likeness (QED) is 0.668. The monoisotopic (exact) mass is 376 g/mol. The van der Waals surface area contributed by atoms with Crippen LogP contribution >= 0.6 is 0 Å². The fraction of sp³-hybridized carbons (Fsp3) is 0.435. The summed E-state index contributed by atoms with van der Waals surface area (Å²) < 4.78 is 1.77. The van der Waals surface area contributed by atoms with Crippen molar-refractivity contribution in [3.05, 3.63) is 47.3 Å². The summed E-state index contributed by atoms with van der Waals surface area (Å²) in [6, 6.07) is 6.43. The van der Waals surface area contributed by atoms with Gasteiger partial charge in [-0.05, 0) is 56.7 Å². The second-order valence-corrected chi connectivity index (χ2v) is 7.92. The third-order valence-corrected chi connectivity index (χ3v) is 6.10. The number of carbonyl (C=O) groups excluding carboxylic acids is 1. The number of nitrogens with zero attached hydrogens (tertiary/aromatic N) is 4. The zero-order valence-corrected chi connectivity index (χ0v) is 17.2. The zero-order chi connectivity index (χ0) is 19.8. The minimum absolute atomic E-state index is 0.132. The van der Waals surface area contributed by atoms with Gasteiger partial charge in [0.1, 0.15) is 0 Å². The number of benzene rings is 1. The van der Waals surface area contributed by atoms with Crippen LogP contribution in [0.4, 0.5) is 0 Å². The number of likely N-dealkylation sites (tertiary alicyclic amines) is 1. The Morgan fingerprint density at radius 3 is 2.79 bits per heavy atom. The molecule has 1 aromatic carbocycles. The van der Waals surface area contributed by atoms with Gasteiger partial charge in [-0.25, -0.2) is 4.98 Å². The van der Waals surface area contributed by atoms with E-state index in [-0.39, 0.29) is 5.91 Å². The lowest BCUT2D eigenvalue weighted by atomic mass is 9.96. The molecular formula is C23H28N4O. The molecular weight excluding hydrogens is 348 g/mol. The molecule has 0 N–H and O–H groups in total. The van der Waals surface area contributed by atoms with Gasteiger partial charge in [0.15, 0.2) is 0 Å². The second-order valence-electron chi connectivity index (χ2n) is 7.92. The molecule has 1 atom stereocenters. The number of piperidine rings is 1. The van der Waals surface area contributed by atoms with Crippen molar-refractivity contribution in [1.29, 1.82) is 0 Å². The van der Waals surface area contributed by atoms with Crippen LogP contribution in [0.1, 0.15) is 54.1 Å². The van der Waals surface area contributed by atoms with Gasteiger partial charge in [-0.1, -0.05) is 19.1 Å². The molecule has 3 aromatic rings. The van der Waals surface area contributed by atoms with Crippen LogP contribution in [-0.4, -0.2) is 38.2 Å². The van der Waals surface area contributed by atoms with Gasteiger partial charge >= 0.3 is 0 Å². The number of amides is 1. The molecule has 1 aliphatic rings. The highest BCUT2D eigenvalue weighted by Gasteiger charge is 2.28. The Morgan fingerprint density at radius 1 is 1.25 bits per heavy atom. The number of pyridine rings is 1. The molecule has 1 fully saturated rings. The molecule has 3 heterocycles. The van der Waals surface area contributed by atoms with E-state index in [1.54, 1.807) is 4.68 Å². The van der Waals surface area contributed by atoms with E-state index in [0.29, 0.717) is 6.04 Å². The first-order valence-corrected chi connectivity index (χ1v) is 10.2. The maximum Gasteiger partial charge on any atom is 0.254 e. The molecule has 2 aromatic heterocycles. The van der Waals surface area contributed by atoms with Crippen LogP contribution in [0.3, 0.4) is 0 Å². The highest BCUT2D eigenvalue weighted by atomic mass is 16.2. The average Bonchev–Trinajstić information content (AvgIpc) is 3.16. The average molecular weight is 377 g/mol. The molecule has 146 valence electrons. The maximum absolute atomic E-state index is 13.6. The standard InChI is InChI=1S/C23H28N4O/c1-5-18-8-6-7-11-27(18)23(28)20-12-21(17-13-24-26(4)14-17)25-22-16(3)15(2)9-10-19(20)22/h9-10,12-14,18H,5-8,11H2,1-4H3/t18-/m1/s1. The van der Waals surface area contributed by atoms with E-state index in [0.717, 1.165) is 59.1 Å². The van der Waals surface area contributed by atoms with Crippen molar-refractivity contribution in [2.24, 2.45) is 7.05 Å². The van der Waals surface area contributed by atoms with E-state index in [4.69, 9.17) is 4.98 Å². The van der Waals surface area contributed by atoms with Crippen molar-refractivity contribution >= 4 is 16.8 Å². The molecule has 1 saturated heterocycles. The van der Waals surface area contributed by atoms with E-state index in [1.807, 2.05) is 25.5 Å². The van der Waals surface area contributed by atoms with E-state index < -0.39 is 0 Å². The number of carbonyl (C=O) groups is 1. The Kier molecular flexibility index (Phi) is 4.92. The van der Waals surface area contributed by atoms with Gasteiger partial charge in [-0.3, -0.25) is 9.48 Å². The predicted molar refractivity (Wildman–Crippen MR) is 112 cm³/mol. The van der Waals surface area contributed by atoms with Crippen molar-refractivity contribution in [2.75, 3.05) is 6.54 Å². The van der Waals surface area contributed by atoms with E-state index in [9.17, 15) is 4.79 Å². The molecule has 0 aliphatic carbocycles. The molecule has 4 rings (SSSR count). The molecule has 1 amide bonds. The van der Waals surface area contributed by atoms with Gasteiger partial charge < -0.3 is 4.90 Å². The fourth-order valence-corrected chi connectivity index (χ4v) is 4.26. The minimum atomic E-state index is 0.132. The van der Waals surface area contributed by atoms with Gasteiger partial charge in [0, 0.05) is 36.8 Å². The van der Waals surface area contributed by atoms with Crippen LogP contribution in [-0.2, 0) is 7.05 Å². The van der Waals surface area contributed by atoms with Gasteiger partial charge in [0.05, 0.1) is 23.0 Å². The Labute approximate surface area is 166 Å². The second kappa shape index (κ2) is 7.38. The van der Waals surface area contributed by atoms with Crippen LogP contribution < -0.4 is 0 Å². The van der Waals surface area contributed by atoms with Crippen molar-refractivity contribution < 1.29 is 4.79 Å². The van der Waals surface area contributed by atoms with E-state index >= 15 is 0 Å². The molecule has 5 heteroatoms. The fourth-order valence-electron chi connectivity index (χ4n) is 4.26. The maximum atomic E-state index is 13.6. The first kappa shape index (κ1) is 18.7. The number of fused-ring (bicyclic) bond motifs is 1. The number of hydrogen-bond acceptors (Lipinski definition) is 3. The van der Waals surface area contributed by atoms with Gasteiger partial charge in [0.2, 0.25) is 0 Å². The lowest BCUT2D eigenvalue weighted by molar-refractivity contribution is 0.0610. The highest BCUT2D eigenvalue weighted by Crippen LogP contribution is 2.30. The summed E-state index contributed by atoms with van der Waals surface area (Å²) in [5.41, 5.74) is 5.73. The molecule has 28 heavy (non-hydrogen) atoms. The SMILES string of the molecule is CC[C@@H]1CCCCN1C(=O)c1cc(-c2cnn(C)c2)nc2c(C)c(C)ccc12. The van der Waals surface area contributed by atoms with Crippen molar-refractivity contribution in [1.82, 2.24) is 19.7 Å². The Balaban J connectivity index is 1.90. The highest BCUT2D eigenvalue weighted by molar-refractivity contribution is 6.08. The molecule has 0 unspecified atom stereocenters. The lowest BCUT2D eigenvalue weighted by Crippen LogP contribution is -2.43. The summed E-state index contributed by atoms with van der Waals surface area (Å²) in [5.74, 6) is 0.132. The predicted octanol–water partition coefficient (Wildman–Crippen LogP) is 4.66. The first-order valence-electron chi connectivity index (χ1n) is 10.2. The largest absolute Gasteiger partial charge is 0.336 e. The third kappa shape index (κ3) is 3.19. The van der Waals surface area contributed by atoms with Crippen LogP contribution in [0.5, 0.6) is 0 Å². The third-order valence-electron chi connectivity index (χ3n) is 6.10. The van der Waals surface area contributed by atoms with Gasteiger partial charge in [0.25, 0.3) is 5.91 Å². The summed E-state index contributed by atoms with van der Waals surface area (Å²) in [6.07, 6.45) is 8.14. The summed E-state index contributed by atoms with van der Waals surface area (Å²) in [4.78, 5) is 20.7. The molecule has 5 nitrogen and oxygen atoms in total. The molecule has 0 saturated carbocycles. The van der Waals surface area contributed by atoms with Crippen LogP contribution in [0.25, 0.3) is 22.2 Å². The van der Waals surface area contributed by atoms with Crippen LogP contribution in [0.15, 0.2) is 30.6 Å². The normalized spacial score (nSPS) is 17.3. The summed E-state index contributed by atoms with van der Waals surface area (Å²) in [6.45, 7) is 7.19. The number of aromatic nitrogens is 3. The smallest absolute Gasteiger partial charge is 0.254 e. The molecule has 1 aliphatic heterocycles. The van der Waals surface area contributed by atoms with Crippen LogP contribution in [0, 0.1) is 13.8 Å². The number of rotatable bonds is 3. The van der Waals surface area contributed by atoms with E-state index in [1.165, 1.54) is 12.0 Å². The number of aryl methyl sites for hydroxylation is 3. The summed E-state index contributed by atoms with van der Waals surface area (Å²) in [5, 5.41) is 5.23. The van der Waals surface area contributed by atoms with Crippen molar-refractivity contribution in [2.45, 2.75) is 52.5 Å². The van der Waals surface area contributed by atoms with Crippen molar-refractivity contribution in [3.63, 3.8) is 0 Å². The summed E-state index contributed by atoms with van der Waals surface area (Å²) >= 11 is 0. The van der Waals surface area contributed by atoms with E-state index in [2.05, 4.69) is 42.9 Å². The zero-order valence-electron chi connectivity index (χ0n) is 17.2. The first-order chi connectivity index (χ1) is 13.5.